The minimum atomic E-state index is 0.634. The van der Waals surface area contributed by atoms with Gasteiger partial charge in [-0.3, -0.25) is 4.90 Å². The summed E-state index contributed by atoms with van der Waals surface area (Å²) in [5.41, 5.74) is 6.64. The normalized spacial score (nSPS) is 16.2. The third-order valence-corrected chi connectivity index (χ3v) is 3.40. The van der Waals surface area contributed by atoms with Gasteiger partial charge in [0.05, 0.1) is 12.2 Å². The highest BCUT2D eigenvalue weighted by atomic mass is 32.1. The second kappa shape index (κ2) is 3.84. The molecule has 16 heavy (non-hydrogen) atoms. The lowest BCUT2D eigenvalue weighted by Gasteiger charge is -2.25. The summed E-state index contributed by atoms with van der Waals surface area (Å²) in [6, 6.07) is 0. The maximum absolute atomic E-state index is 5.61. The third kappa shape index (κ3) is 1.79. The van der Waals surface area contributed by atoms with Crippen molar-refractivity contribution >= 4 is 16.5 Å². The van der Waals surface area contributed by atoms with Crippen molar-refractivity contribution in [2.45, 2.75) is 19.6 Å². The van der Waals surface area contributed by atoms with E-state index in [1.807, 2.05) is 5.38 Å². The average molecular weight is 236 g/mol. The van der Waals surface area contributed by atoms with Gasteiger partial charge in [0.1, 0.15) is 12.2 Å². The molecule has 0 saturated heterocycles. The first kappa shape index (κ1) is 9.73. The minimum Gasteiger partial charge on any atom is -0.375 e. The van der Waals surface area contributed by atoms with Crippen LogP contribution in [0, 0.1) is 0 Å². The van der Waals surface area contributed by atoms with E-state index in [9.17, 15) is 0 Å². The van der Waals surface area contributed by atoms with E-state index in [4.69, 9.17) is 5.73 Å². The van der Waals surface area contributed by atoms with Crippen LogP contribution >= 0.6 is 11.3 Å². The molecule has 3 heterocycles. The number of nitrogen functional groups attached to an aromatic ring is 1. The number of hydrogen-bond donors (Lipinski definition) is 1. The molecule has 0 atom stereocenters. The Labute approximate surface area is 96.7 Å². The molecule has 7 heteroatoms. The van der Waals surface area contributed by atoms with E-state index < -0.39 is 0 Å². The summed E-state index contributed by atoms with van der Waals surface area (Å²) < 4.78 is 2.09. The molecular formula is C9H12N6S. The van der Waals surface area contributed by atoms with Crippen LogP contribution in [0.25, 0.3) is 0 Å². The second-order valence-electron chi connectivity index (χ2n) is 3.83. The summed E-state index contributed by atoms with van der Waals surface area (Å²) in [7, 11) is 0. The van der Waals surface area contributed by atoms with Crippen LogP contribution in [0.2, 0.25) is 0 Å². The highest BCUT2D eigenvalue weighted by molar-refractivity contribution is 7.13. The molecule has 2 N–H and O–H groups in total. The van der Waals surface area contributed by atoms with Gasteiger partial charge in [-0.25, -0.2) is 4.98 Å². The van der Waals surface area contributed by atoms with E-state index in [0.717, 1.165) is 37.7 Å². The molecule has 1 aliphatic rings. The molecule has 0 fully saturated rings. The Hall–Kier alpha value is -1.47. The predicted molar refractivity (Wildman–Crippen MR) is 60.7 cm³/mol. The molecule has 0 saturated carbocycles. The van der Waals surface area contributed by atoms with Crippen LogP contribution in [0.1, 0.15) is 11.5 Å². The number of aromatic nitrogens is 4. The maximum Gasteiger partial charge on any atom is 0.180 e. The van der Waals surface area contributed by atoms with E-state index in [1.165, 1.54) is 11.3 Å². The van der Waals surface area contributed by atoms with Gasteiger partial charge in [-0.2, -0.15) is 0 Å². The Morgan fingerprint density at radius 3 is 3.19 bits per heavy atom. The van der Waals surface area contributed by atoms with Crippen LogP contribution in [-0.2, 0) is 19.6 Å². The third-order valence-electron chi connectivity index (χ3n) is 2.67. The van der Waals surface area contributed by atoms with Gasteiger partial charge in [0.2, 0.25) is 0 Å². The number of thiazole rings is 1. The largest absolute Gasteiger partial charge is 0.375 e. The number of hydrogen-bond acceptors (Lipinski definition) is 6. The fraction of sp³-hybridized carbons (Fsp3) is 0.444. The molecule has 0 unspecified atom stereocenters. The fourth-order valence-corrected chi connectivity index (χ4v) is 2.43. The van der Waals surface area contributed by atoms with E-state index >= 15 is 0 Å². The van der Waals surface area contributed by atoms with Crippen molar-refractivity contribution in [1.82, 2.24) is 24.6 Å². The Kier molecular flexibility index (Phi) is 2.33. The zero-order valence-corrected chi connectivity index (χ0v) is 9.52. The van der Waals surface area contributed by atoms with Crippen molar-refractivity contribution in [3.63, 3.8) is 0 Å². The average Bonchev–Trinajstić information content (AvgIpc) is 2.87. The Morgan fingerprint density at radius 2 is 2.38 bits per heavy atom. The predicted octanol–water partition coefficient (Wildman–Crippen LogP) is 0.333. The Morgan fingerprint density at radius 1 is 1.44 bits per heavy atom. The minimum absolute atomic E-state index is 0.634. The molecular weight excluding hydrogens is 224 g/mol. The van der Waals surface area contributed by atoms with Gasteiger partial charge in [-0.1, -0.05) is 0 Å². The van der Waals surface area contributed by atoms with Crippen molar-refractivity contribution in [3.05, 3.63) is 23.2 Å². The maximum atomic E-state index is 5.61. The highest BCUT2D eigenvalue weighted by Gasteiger charge is 2.17. The lowest BCUT2D eigenvalue weighted by Crippen LogP contribution is -2.33. The summed E-state index contributed by atoms with van der Waals surface area (Å²) in [4.78, 5) is 6.56. The van der Waals surface area contributed by atoms with Crippen molar-refractivity contribution in [3.8, 4) is 0 Å². The van der Waals surface area contributed by atoms with Crippen molar-refractivity contribution in [2.24, 2.45) is 0 Å². The van der Waals surface area contributed by atoms with Crippen LogP contribution in [0.3, 0.4) is 0 Å². The van der Waals surface area contributed by atoms with E-state index in [0.29, 0.717) is 5.13 Å². The first-order valence-corrected chi connectivity index (χ1v) is 5.98. The van der Waals surface area contributed by atoms with Crippen LogP contribution in [0.15, 0.2) is 11.7 Å². The topological polar surface area (TPSA) is 72.9 Å². The lowest BCUT2D eigenvalue weighted by molar-refractivity contribution is 0.207. The summed E-state index contributed by atoms with van der Waals surface area (Å²) in [5.74, 6) is 1.02. The molecule has 0 aliphatic carbocycles. The summed E-state index contributed by atoms with van der Waals surface area (Å²) in [5, 5.41) is 10.6. The van der Waals surface area contributed by atoms with Crippen molar-refractivity contribution in [2.75, 3.05) is 12.3 Å². The molecule has 6 nitrogen and oxygen atoms in total. The molecule has 0 amide bonds. The zero-order chi connectivity index (χ0) is 11.0. The molecule has 0 spiro atoms. The Balaban J connectivity index is 1.70. The summed E-state index contributed by atoms with van der Waals surface area (Å²) in [6.45, 7) is 3.61. The quantitative estimate of drug-likeness (QED) is 0.813. The number of rotatable bonds is 2. The molecule has 1 aliphatic heterocycles. The summed E-state index contributed by atoms with van der Waals surface area (Å²) in [6.07, 6.45) is 1.79. The molecule has 2 aromatic heterocycles. The first-order valence-electron chi connectivity index (χ1n) is 5.10. The SMILES string of the molecule is Nc1nc(CN2CCn3cnnc3C2)cs1. The van der Waals surface area contributed by atoms with Crippen LogP contribution in [0.4, 0.5) is 5.13 Å². The molecule has 84 valence electrons. The number of nitrogens with two attached hydrogens (primary N) is 1. The van der Waals surface area contributed by atoms with Gasteiger partial charge in [0.25, 0.3) is 0 Å². The number of fused-ring (bicyclic) bond motifs is 1. The van der Waals surface area contributed by atoms with Gasteiger partial charge < -0.3 is 10.3 Å². The van der Waals surface area contributed by atoms with Gasteiger partial charge in [-0.05, 0) is 0 Å². The standard InChI is InChI=1S/C9H12N6S/c10-9-12-7(5-16-9)3-14-1-2-15-6-11-13-8(15)4-14/h5-6H,1-4H2,(H2,10,12). The van der Waals surface area contributed by atoms with E-state index in [2.05, 4.69) is 24.6 Å². The molecule has 0 aromatic carbocycles. The lowest BCUT2D eigenvalue weighted by atomic mass is 10.3. The molecule has 0 bridgehead atoms. The molecule has 2 aromatic rings. The van der Waals surface area contributed by atoms with Gasteiger partial charge in [0, 0.05) is 25.0 Å². The molecule has 3 rings (SSSR count). The van der Waals surface area contributed by atoms with Crippen molar-refractivity contribution in [1.29, 1.82) is 0 Å². The Bertz CT molecular complexity index is 490. The number of anilines is 1. The zero-order valence-electron chi connectivity index (χ0n) is 8.70. The highest BCUT2D eigenvalue weighted by Crippen LogP contribution is 2.16. The smallest absolute Gasteiger partial charge is 0.180 e. The van der Waals surface area contributed by atoms with Crippen LogP contribution in [0.5, 0.6) is 0 Å². The van der Waals surface area contributed by atoms with Crippen LogP contribution < -0.4 is 5.73 Å². The van der Waals surface area contributed by atoms with Gasteiger partial charge >= 0.3 is 0 Å². The van der Waals surface area contributed by atoms with E-state index in [-0.39, 0.29) is 0 Å². The summed E-state index contributed by atoms with van der Waals surface area (Å²) >= 11 is 1.49. The molecule has 0 radical (unpaired) electrons. The van der Waals surface area contributed by atoms with Gasteiger partial charge in [-0.15, -0.1) is 21.5 Å². The van der Waals surface area contributed by atoms with Gasteiger partial charge in [0.15, 0.2) is 5.13 Å². The number of nitrogens with zero attached hydrogens (tertiary/aromatic N) is 5. The first-order chi connectivity index (χ1) is 7.81. The monoisotopic (exact) mass is 236 g/mol. The second-order valence-corrected chi connectivity index (χ2v) is 4.72. The fourth-order valence-electron chi connectivity index (χ4n) is 1.88. The van der Waals surface area contributed by atoms with E-state index in [1.54, 1.807) is 6.33 Å². The van der Waals surface area contributed by atoms with Crippen molar-refractivity contribution < 1.29 is 0 Å². The van der Waals surface area contributed by atoms with Crippen LogP contribution in [-0.4, -0.2) is 31.2 Å².